The van der Waals surface area contributed by atoms with Crippen molar-refractivity contribution in [2.24, 2.45) is 0 Å². The third-order valence-electron chi connectivity index (χ3n) is 2.77. The molecule has 0 radical (unpaired) electrons. The van der Waals surface area contributed by atoms with E-state index in [9.17, 15) is 4.79 Å². The van der Waals surface area contributed by atoms with E-state index in [2.05, 4.69) is 32.5 Å². The molecule has 2 heterocycles. The Morgan fingerprint density at radius 1 is 1.29 bits per heavy atom. The number of carbonyl (C=O) groups excluding carboxylic acids is 1. The van der Waals surface area contributed by atoms with Crippen LogP contribution in [0.1, 0.15) is 34.5 Å². The van der Waals surface area contributed by atoms with Crippen molar-refractivity contribution in [3.05, 3.63) is 34.2 Å². The summed E-state index contributed by atoms with van der Waals surface area (Å²) in [5, 5.41) is 8.99. The lowest BCUT2D eigenvalue weighted by atomic mass is 10.3. The number of amides is 1. The lowest BCUT2D eigenvalue weighted by Crippen LogP contribution is -2.26. The highest BCUT2D eigenvalue weighted by atomic mass is 32.1. The van der Waals surface area contributed by atoms with Crippen LogP contribution in [0.25, 0.3) is 0 Å². The first-order valence-corrected chi connectivity index (χ1v) is 7.82. The molecule has 0 saturated heterocycles. The number of thiazole rings is 1. The predicted octanol–water partition coefficient (Wildman–Crippen LogP) is 2.04. The van der Waals surface area contributed by atoms with Crippen molar-refractivity contribution in [1.29, 1.82) is 0 Å². The standard InChI is InChI=1S/C14H19N5OS/c1-3-5-15-13-8-17-12(7-18-13)14(20)16-6-4-11-9-21-10(2)19-11/h7-9H,3-6H2,1-2H3,(H,15,18)(H,16,20). The minimum Gasteiger partial charge on any atom is -0.369 e. The third kappa shape index (κ3) is 4.78. The van der Waals surface area contributed by atoms with Crippen molar-refractivity contribution < 1.29 is 4.79 Å². The van der Waals surface area contributed by atoms with Crippen molar-refractivity contribution in [1.82, 2.24) is 20.3 Å². The number of aryl methyl sites for hydroxylation is 1. The first-order valence-electron chi connectivity index (χ1n) is 6.94. The van der Waals surface area contributed by atoms with Gasteiger partial charge < -0.3 is 10.6 Å². The number of aromatic nitrogens is 3. The SMILES string of the molecule is CCCNc1cnc(C(=O)NCCc2csc(C)n2)cn1. The molecule has 7 heteroatoms. The molecule has 0 aliphatic rings. The molecule has 2 aromatic rings. The van der Waals surface area contributed by atoms with Crippen LogP contribution < -0.4 is 10.6 Å². The molecule has 0 aliphatic carbocycles. The first kappa shape index (κ1) is 15.4. The number of nitrogens with one attached hydrogen (secondary N) is 2. The third-order valence-corrected chi connectivity index (χ3v) is 3.60. The van der Waals surface area contributed by atoms with Gasteiger partial charge in [-0.1, -0.05) is 6.92 Å². The molecule has 0 aliphatic heterocycles. The van der Waals surface area contributed by atoms with Gasteiger partial charge in [-0.15, -0.1) is 11.3 Å². The summed E-state index contributed by atoms with van der Waals surface area (Å²) in [6.07, 6.45) is 4.80. The maximum atomic E-state index is 11.9. The van der Waals surface area contributed by atoms with Crippen LogP contribution in [0.5, 0.6) is 0 Å². The molecule has 0 saturated carbocycles. The number of hydrogen-bond acceptors (Lipinski definition) is 6. The van der Waals surface area contributed by atoms with E-state index in [0.717, 1.165) is 30.1 Å². The quantitative estimate of drug-likeness (QED) is 0.818. The van der Waals surface area contributed by atoms with Crippen molar-refractivity contribution in [2.45, 2.75) is 26.7 Å². The Morgan fingerprint density at radius 2 is 2.14 bits per heavy atom. The van der Waals surface area contributed by atoms with E-state index in [0.29, 0.717) is 18.1 Å². The zero-order chi connectivity index (χ0) is 15.1. The van der Waals surface area contributed by atoms with Gasteiger partial charge in [-0.3, -0.25) is 4.79 Å². The van der Waals surface area contributed by atoms with Crippen LogP contribution in [0.3, 0.4) is 0 Å². The van der Waals surface area contributed by atoms with Gasteiger partial charge in [-0.2, -0.15) is 0 Å². The number of anilines is 1. The lowest BCUT2D eigenvalue weighted by Gasteiger charge is -2.05. The lowest BCUT2D eigenvalue weighted by molar-refractivity contribution is 0.0949. The van der Waals surface area contributed by atoms with Gasteiger partial charge in [0.15, 0.2) is 0 Å². The van der Waals surface area contributed by atoms with E-state index in [1.165, 1.54) is 6.20 Å². The molecule has 0 aromatic carbocycles. The van der Waals surface area contributed by atoms with E-state index in [4.69, 9.17) is 0 Å². The molecular weight excluding hydrogens is 286 g/mol. The largest absolute Gasteiger partial charge is 0.369 e. The summed E-state index contributed by atoms with van der Waals surface area (Å²) in [5.41, 5.74) is 1.33. The van der Waals surface area contributed by atoms with Gasteiger partial charge in [-0.05, 0) is 13.3 Å². The zero-order valence-corrected chi connectivity index (χ0v) is 13.0. The summed E-state index contributed by atoms with van der Waals surface area (Å²) in [7, 11) is 0. The molecule has 0 fully saturated rings. The van der Waals surface area contributed by atoms with Crippen LogP contribution in [-0.4, -0.2) is 33.9 Å². The molecule has 21 heavy (non-hydrogen) atoms. The molecule has 6 nitrogen and oxygen atoms in total. The van der Waals surface area contributed by atoms with E-state index in [-0.39, 0.29) is 5.91 Å². The fourth-order valence-electron chi connectivity index (χ4n) is 1.71. The summed E-state index contributed by atoms with van der Waals surface area (Å²) in [6.45, 7) is 5.43. The Balaban J connectivity index is 1.79. The summed E-state index contributed by atoms with van der Waals surface area (Å²) < 4.78 is 0. The minimum atomic E-state index is -0.212. The smallest absolute Gasteiger partial charge is 0.271 e. The van der Waals surface area contributed by atoms with Gasteiger partial charge in [0.25, 0.3) is 5.91 Å². The van der Waals surface area contributed by atoms with Gasteiger partial charge in [0.05, 0.1) is 23.1 Å². The monoisotopic (exact) mass is 305 g/mol. The van der Waals surface area contributed by atoms with Crippen LogP contribution in [0.2, 0.25) is 0 Å². The maximum absolute atomic E-state index is 11.9. The number of carbonyl (C=O) groups is 1. The van der Waals surface area contributed by atoms with Crippen molar-refractivity contribution in [3.8, 4) is 0 Å². The number of hydrogen-bond donors (Lipinski definition) is 2. The number of rotatable bonds is 7. The second kappa shape index (κ2) is 7.68. The zero-order valence-electron chi connectivity index (χ0n) is 12.2. The van der Waals surface area contributed by atoms with Crippen LogP contribution >= 0.6 is 11.3 Å². The van der Waals surface area contributed by atoms with Crippen LogP contribution in [0, 0.1) is 6.92 Å². The second-order valence-corrected chi connectivity index (χ2v) is 5.64. The van der Waals surface area contributed by atoms with Crippen molar-refractivity contribution in [2.75, 3.05) is 18.4 Å². The highest BCUT2D eigenvalue weighted by molar-refractivity contribution is 7.09. The average molecular weight is 305 g/mol. The Hall–Kier alpha value is -2.02. The molecular formula is C14H19N5OS. The molecule has 0 bridgehead atoms. The highest BCUT2D eigenvalue weighted by Gasteiger charge is 2.07. The fraction of sp³-hybridized carbons (Fsp3) is 0.429. The molecule has 2 aromatic heterocycles. The van der Waals surface area contributed by atoms with Gasteiger partial charge in [-0.25, -0.2) is 15.0 Å². The summed E-state index contributed by atoms with van der Waals surface area (Å²) >= 11 is 1.61. The molecule has 0 unspecified atom stereocenters. The minimum absolute atomic E-state index is 0.212. The molecule has 0 spiro atoms. The summed E-state index contributed by atoms with van der Waals surface area (Å²) in [6, 6.07) is 0. The first-order chi connectivity index (χ1) is 10.2. The normalized spacial score (nSPS) is 10.4. The van der Waals surface area contributed by atoms with Gasteiger partial charge >= 0.3 is 0 Å². The molecule has 2 N–H and O–H groups in total. The van der Waals surface area contributed by atoms with E-state index < -0.39 is 0 Å². The molecule has 0 atom stereocenters. The van der Waals surface area contributed by atoms with Gasteiger partial charge in [0, 0.05) is 24.9 Å². The van der Waals surface area contributed by atoms with Crippen LogP contribution in [0.4, 0.5) is 5.82 Å². The predicted molar refractivity (Wildman–Crippen MR) is 83.7 cm³/mol. The summed E-state index contributed by atoms with van der Waals surface area (Å²) in [5.74, 6) is 0.475. The second-order valence-electron chi connectivity index (χ2n) is 4.58. The Kier molecular flexibility index (Phi) is 5.62. The highest BCUT2D eigenvalue weighted by Crippen LogP contribution is 2.08. The Bertz CT molecular complexity index is 581. The van der Waals surface area contributed by atoms with E-state index in [1.807, 2.05) is 12.3 Å². The topological polar surface area (TPSA) is 79.8 Å². The van der Waals surface area contributed by atoms with Crippen LogP contribution in [0.15, 0.2) is 17.8 Å². The summed E-state index contributed by atoms with van der Waals surface area (Å²) in [4.78, 5) is 24.5. The van der Waals surface area contributed by atoms with E-state index >= 15 is 0 Å². The fourth-order valence-corrected chi connectivity index (χ4v) is 2.35. The Morgan fingerprint density at radius 3 is 2.76 bits per heavy atom. The van der Waals surface area contributed by atoms with Crippen LogP contribution in [-0.2, 0) is 6.42 Å². The molecule has 2 rings (SSSR count). The van der Waals surface area contributed by atoms with Gasteiger partial charge in [0.2, 0.25) is 0 Å². The maximum Gasteiger partial charge on any atom is 0.271 e. The Labute approximate surface area is 128 Å². The molecule has 112 valence electrons. The van der Waals surface area contributed by atoms with Crippen molar-refractivity contribution >= 4 is 23.1 Å². The number of nitrogens with zero attached hydrogens (tertiary/aromatic N) is 3. The van der Waals surface area contributed by atoms with Crippen molar-refractivity contribution in [3.63, 3.8) is 0 Å². The van der Waals surface area contributed by atoms with E-state index in [1.54, 1.807) is 17.5 Å². The average Bonchev–Trinajstić information content (AvgIpc) is 2.91. The molecule has 1 amide bonds. The van der Waals surface area contributed by atoms with Gasteiger partial charge in [0.1, 0.15) is 11.5 Å².